The first-order chi connectivity index (χ1) is 11.6. The largest absolute Gasteiger partial charge is 0.350 e. The smallest absolute Gasteiger partial charge is 0.264 e. The summed E-state index contributed by atoms with van der Waals surface area (Å²) in [4.78, 5) is 12.5. The van der Waals surface area contributed by atoms with E-state index < -0.39 is 15.6 Å². The van der Waals surface area contributed by atoms with Crippen molar-refractivity contribution in [3.05, 3.63) is 59.1 Å². The van der Waals surface area contributed by atoms with E-state index in [0.29, 0.717) is 5.69 Å². The van der Waals surface area contributed by atoms with Gasteiger partial charge in [0.25, 0.3) is 10.0 Å². The maximum Gasteiger partial charge on any atom is 0.264 e. The fourth-order valence-corrected chi connectivity index (χ4v) is 3.94. The molecule has 0 aliphatic heterocycles. The van der Waals surface area contributed by atoms with E-state index in [1.165, 1.54) is 12.1 Å². The fourth-order valence-electron chi connectivity index (χ4n) is 2.23. The van der Waals surface area contributed by atoms with E-state index in [4.69, 9.17) is 0 Å². The summed E-state index contributed by atoms with van der Waals surface area (Å²) >= 11 is 3.33. The molecular formula is C18H21BrN2O3S. The molecule has 0 fully saturated rings. The van der Waals surface area contributed by atoms with Crippen LogP contribution in [0, 0.1) is 0 Å². The van der Waals surface area contributed by atoms with Crippen LogP contribution < -0.4 is 9.62 Å². The zero-order valence-corrected chi connectivity index (χ0v) is 16.8. The monoisotopic (exact) mass is 424 g/mol. The summed E-state index contributed by atoms with van der Waals surface area (Å²) in [6, 6.07) is 14.9. The van der Waals surface area contributed by atoms with E-state index in [0.717, 1.165) is 8.78 Å². The minimum atomic E-state index is -3.86. The second kappa shape index (κ2) is 7.58. The van der Waals surface area contributed by atoms with Crippen LogP contribution in [-0.4, -0.2) is 26.4 Å². The highest BCUT2D eigenvalue weighted by molar-refractivity contribution is 9.10. The van der Waals surface area contributed by atoms with Gasteiger partial charge in [0.15, 0.2) is 0 Å². The second-order valence-electron chi connectivity index (χ2n) is 6.60. The predicted molar refractivity (Wildman–Crippen MR) is 103 cm³/mol. The summed E-state index contributed by atoms with van der Waals surface area (Å²) in [6.45, 7) is 5.25. The first-order valence-corrected chi connectivity index (χ1v) is 9.97. The summed E-state index contributed by atoms with van der Waals surface area (Å²) in [5, 5.41) is 2.80. The highest BCUT2D eigenvalue weighted by Crippen LogP contribution is 2.25. The molecule has 2 rings (SSSR count). The van der Waals surface area contributed by atoms with Crippen LogP contribution >= 0.6 is 15.9 Å². The Morgan fingerprint density at radius 2 is 1.60 bits per heavy atom. The average molecular weight is 425 g/mol. The quantitative estimate of drug-likeness (QED) is 0.797. The molecule has 0 saturated carbocycles. The van der Waals surface area contributed by atoms with Crippen LogP contribution in [0.1, 0.15) is 20.8 Å². The van der Waals surface area contributed by atoms with Crippen LogP contribution in [0.3, 0.4) is 0 Å². The second-order valence-corrected chi connectivity index (χ2v) is 9.38. The Balaban J connectivity index is 2.42. The van der Waals surface area contributed by atoms with Crippen LogP contribution in [0.2, 0.25) is 0 Å². The lowest BCUT2D eigenvalue weighted by Crippen LogP contribution is -2.47. The summed E-state index contributed by atoms with van der Waals surface area (Å²) in [5.41, 5.74) is -0.0185. The van der Waals surface area contributed by atoms with Crippen molar-refractivity contribution < 1.29 is 13.2 Å². The maximum atomic E-state index is 13.1. The molecule has 0 radical (unpaired) electrons. The number of nitrogens with zero attached hydrogens (tertiary/aromatic N) is 1. The van der Waals surface area contributed by atoms with Crippen molar-refractivity contribution in [2.24, 2.45) is 0 Å². The van der Waals surface area contributed by atoms with Gasteiger partial charge in [-0.2, -0.15) is 0 Å². The molecule has 0 aromatic heterocycles. The molecule has 0 spiro atoms. The van der Waals surface area contributed by atoms with Crippen molar-refractivity contribution in [3.8, 4) is 0 Å². The predicted octanol–water partition coefficient (Wildman–Crippen LogP) is 3.56. The number of halogens is 1. The topological polar surface area (TPSA) is 66.5 Å². The SMILES string of the molecule is CC(C)(C)NC(=O)CN(c1ccc(Br)cc1)S(=O)(=O)c1ccccc1. The van der Waals surface area contributed by atoms with E-state index in [1.807, 2.05) is 20.8 Å². The highest BCUT2D eigenvalue weighted by atomic mass is 79.9. The Morgan fingerprint density at radius 1 is 1.04 bits per heavy atom. The number of nitrogens with one attached hydrogen (secondary N) is 1. The summed E-state index contributed by atoms with van der Waals surface area (Å²) in [5.74, 6) is -0.366. The molecule has 0 heterocycles. The van der Waals surface area contributed by atoms with Crippen LogP contribution in [0.25, 0.3) is 0 Å². The average Bonchev–Trinajstić information content (AvgIpc) is 2.53. The van der Waals surface area contributed by atoms with Crippen molar-refractivity contribution in [1.82, 2.24) is 5.32 Å². The molecule has 5 nitrogen and oxygen atoms in total. The Labute approximate surface area is 157 Å². The third-order valence-corrected chi connectivity index (χ3v) is 5.56. The molecule has 2 aromatic rings. The number of anilines is 1. The minimum Gasteiger partial charge on any atom is -0.350 e. The van der Waals surface area contributed by atoms with Crippen molar-refractivity contribution in [3.63, 3.8) is 0 Å². The summed E-state index contributed by atoms with van der Waals surface area (Å²) in [6.07, 6.45) is 0. The molecule has 1 amide bonds. The normalized spacial score (nSPS) is 11.8. The number of hydrogen-bond donors (Lipinski definition) is 1. The number of carbonyl (C=O) groups is 1. The Bertz CT molecular complexity index is 829. The van der Waals surface area contributed by atoms with Gasteiger partial charge in [-0.15, -0.1) is 0 Å². The summed E-state index contributed by atoms with van der Waals surface area (Å²) in [7, 11) is -3.86. The third-order valence-electron chi connectivity index (χ3n) is 3.25. The van der Waals surface area contributed by atoms with E-state index in [1.54, 1.807) is 42.5 Å². The lowest BCUT2D eigenvalue weighted by molar-refractivity contribution is -0.121. The van der Waals surface area contributed by atoms with Gasteiger partial charge in [0, 0.05) is 10.0 Å². The Hall–Kier alpha value is -1.86. The molecule has 0 aliphatic carbocycles. The van der Waals surface area contributed by atoms with Crippen LogP contribution in [-0.2, 0) is 14.8 Å². The molecular weight excluding hydrogens is 404 g/mol. The molecule has 0 unspecified atom stereocenters. The lowest BCUT2D eigenvalue weighted by atomic mass is 10.1. The van der Waals surface area contributed by atoms with E-state index in [2.05, 4.69) is 21.2 Å². The van der Waals surface area contributed by atoms with Crippen molar-refractivity contribution in [1.29, 1.82) is 0 Å². The molecule has 134 valence electrons. The number of benzene rings is 2. The third kappa shape index (κ3) is 5.31. The lowest BCUT2D eigenvalue weighted by Gasteiger charge is -2.27. The van der Waals surface area contributed by atoms with Gasteiger partial charge >= 0.3 is 0 Å². The molecule has 2 aromatic carbocycles. The molecule has 0 bridgehead atoms. The van der Waals surface area contributed by atoms with Gasteiger partial charge in [0.05, 0.1) is 10.6 Å². The zero-order valence-electron chi connectivity index (χ0n) is 14.4. The van der Waals surface area contributed by atoms with Gasteiger partial charge in [-0.1, -0.05) is 34.1 Å². The van der Waals surface area contributed by atoms with Crippen molar-refractivity contribution in [2.75, 3.05) is 10.8 Å². The van der Waals surface area contributed by atoms with Crippen molar-refractivity contribution in [2.45, 2.75) is 31.2 Å². The molecule has 0 atom stereocenters. The van der Waals surface area contributed by atoms with Gasteiger partial charge < -0.3 is 5.32 Å². The van der Waals surface area contributed by atoms with Gasteiger partial charge in [0.1, 0.15) is 6.54 Å². The van der Waals surface area contributed by atoms with E-state index in [-0.39, 0.29) is 17.3 Å². The standard InChI is InChI=1S/C18H21BrN2O3S/c1-18(2,3)20-17(22)13-21(15-11-9-14(19)10-12-15)25(23,24)16-7-5-4-6-8-16/h4-12H,13H2,1-3H3,(H,20,22). The molecule has 0 saturated heterocycles. The van der Waals surface area contributed by atoms with Crippen molar-refractivity contribution >= 4 is 37.5 Å². The van der Waals surface area contributed by atoms with Crippen LogP contribution in [0.15, 0.2) is 64.0 Å². The van der Waals surface area contributed by atoms with Crippen LogP contribution in [0.5, 0.6) is 0 Å². The Kier molecular flexibility index (Phi) is 5.90. The molecule has 1 N–H and O–H groups in total. The highest BCUT2D eigenvalue weighted by Gasteiger charge is 2.28. The number of sulfonamides is 1. The fraction of sp³-hybridized carbons (Fsp3) is 0.278. The number of rotatable bonds is 5. The first-order valence-electron chi connectivity index (χ1n) is 7.74. The summed E-state index contributed by atoms with van der Waals surface area (Å²) < 4.78 is 28.1. The Morgan fingerprint density at radius 3 is 2.12 bits per heavy atom. The van der Waals surface area contributed by atoms with Crippen LogP contribution in [0.4, 0.5) is 5.69 Å². The van der Waals surface area contributed by atoms with Gasteiger partial charge in [-0.3, -0.25) is 9.10 Å². The zero-order chi connectivity index (χ0) is 18.7. The van der Waals surface area contributed by atoms with E-state index >= 15 is 0 Å². The minimum absolute atomic E-state index is 0.140. The van der Waals surface area contributed by atoms with Gasteiger partial charge in [0.2, 0.25) is 5.91 Å². The molecule has 0 aliphatic rings. The number of hydrogen-bond acceptors (Lipinski definition) is 3. The van der Waals surface area contributed by atoms with Gasteiger partial charge in [-0.05, 0) is 57.2 Å². The number of carbonyl (C=O) groups excluding carboxylic acids is 1. The number of amides is 1. The van der Waals surface area contributed by atoms with Gasteiger partial charge in [-0.25, -0.2) is 8.42 Å². The molecule has 7 heteroatoms. The maximum absolute atomic E-state index is 13.1. The first kappa shape index (κ1) is 19.5. The molecule has 25 heavy (non-hydrogen) atoms. The van der Waals surface area contributed by atoms with E-state index in [9.17, 15) is 13.2 Å².